The minimum absolute atomic E-state index is 0.171. The molecule has 0 saturated carbocycles. The highest BCUT2D eigenvalue weighted by atomic mass is 32.1. The monoisotopic (exact) mass is 527 g/mol. The van der Waals surface area contributed by atoms with Crippen molar-refractivity contribution >= 4 is 62.2 Å². The largest absolute Gasteiger partial charge is 0.449 e. The first-order valence-electron chi connectivity index (χ1n) is 11.0. The highest BCUT2D eigenvalue weighted by Crippen LogP contribution is 2.39. The molecular weight excluding hydrogens is 502 g/mol. The van der Waals surface area contributed by atoms with Crippen molar-refractivity contribution < 1.29 is 14.3 Å². The van der Waals surface area contributed by atoms with Gasteiger partial charge in [-0.15, -0.1) is 34.0 Å². The van der Waals surface area contributed by atoms with E-state index in [1.807, 2.05) is 36.5 Å². The Bertz CT molecular complexity index is 1250. The zero-order chi connectivity index (χ0) is 24.8. The zero-order valence-corrected chi connectivity index (χ0v) is 21.8. The standard InChI is InChI=1S/C24H25N5O3S3/c1-29(2)23-26-12-17(34-23)13-27-24(31)32-14-15-5-7-18-19(11-25)22(35-20(18)10-15)28-21(30)8-6-16-4-3-9-33-16/h3-4,6,8-9,12,15H,5,7,10,13-14H2,1-2H3,(H,27,31)(H,28,30). The Kier molecular flexibility index (Phi) is 8.17. The number of carbonyl (C=O) groups excluding carboxylic acids is 2. The van der Waals surface area contributed by atoms with Gasteiger partial charge < -0.3 is 20.3 Å². The second-order valence-corrected chi connectivity index (χ2v) is 11.4. The van der Waals surface area contributed by atoms with Crippen molar-refractivity contribution in [2.75, 3.05) is 30.9 Å². The number of anilines is 2. The van der Waals surface area contributed by atoms with E-state index in [4.69, 9.17) is 4.74 Å². The van der Waals surface area contributed by atoms with Gasteiger partial charge in [0.15, 0.2) is 5.13 Å². The van der Waals surface area contributed by atoms with Crippen LogP contribution in [-0.2, 0) is 28.9 Å². The molecule has 4 rings (SSSR count). The van der Waals surface area contributed by atoms with Gasteiger partial charge in [0, 0.05) is 41.0 Å². The summed E-state index contributed by atoms with van der Waals surface area (Å²) in [4.78, 5) is 33.8. The Morgan fingerprint density at radius 1 is 1.37 bits per heavy atom. The van der Waals surface area contributed by atoms with Crippen LogP contribution in [0.1, 0.15) is 32.2 Å². The molecule has 2 amide bonds. The molecule has 3 heterocycles. The Balaban J connectivity index is 1.28. The lowest BCUT2D eigenvalue weighted by Gasteiger charge is -2.21. The third-order valence-electron chi connectivity index (χ3n) is 5.44. The fourth-order valence-electron chi connectivity index (χ4n) is 3.69. The van der Waals surface area contributed by atoms with Gasteiger partial charge in [-0.2, -0.15) is 5.26 Å². The first-order valence-corrected chi connectivity index (χ1v) is 13.5. The van der Waals surface area contributed by atoms with E-state index in [0.29, 0.717) is 30.1 Å². The number of hydrogen-bond donors (Lipinski definition) is 2. The number of alkyl carbamates (subject to hydrolysis) is 1. The lowest BCUT2D eigenvalue weighted by molar-refractivity contribution is -0.111. The van der Waals surface area contributed by atoms with E-state index < -0.39 is 6.09 Å². The second kappa shape index (κ2) is 11.5. The van der Waals surface area contributed by atoms with Crippen LogP contribution >= 0.6 is 34.0 Å². The molecule has 0 fully saturated rings. The minimum Gasteiger partial charge on any atom is -0.449 e. The Morgan fingerprint density at radius 3 is 2.94 bits per heavy atom. The van der Waals surface area contributed by atoms with Crippen LogP contribution in [0.25, 0.3) is 6.08 Å². The van der Waals surface area contributed by atoms with Gasteiger partial charge in [0.2, 0.25) is 5.91 Å². The summed E-state index contributed by atoms with van der Waals surface area (Å²) in [6.45, 7) is 0.682. The van der Waals surface area contributed by atoms with Crippen LogP contribution in [0.3, 0.4) is 0 Å². The molecule has 0 spiro atoms. The average Bonchev–Trinajstić information content (AvgIpc) is 3.59. The van der Waals surface area contributed by atoms with Crippen molar-refractivity contribution in [1.82, 2.24) is 10.3 Å². The molecule has 0 saturated heterocycles. The summed E-state index contributed by atoms with van der Waals surface area (Å²) >= 11 is 4.51. The van der Waals surface area contributed by atoms with Crippen molar-refractivity contribution in [2.45, 2.75) is 25.8 Å². The summed E-state index contributed by atoms with van der Waals surface area (Å²) in [5.41, 5.74) is 1.54. The normalized spacial score (nSPS) is 14.8. The molecule has 1 aliphatic carbocycles. The number of nitrogens with one attached hydrogen (secondary N) is 2. The van der Waals surface area contributed by atoms with Crippen LogP contribution in [0.5, 0.6) is 0 Å². The van der Waals surface area contributed by atoms with E-state index in [2.05, 4.69) is 21.7 Å². The van der Waals surface area contributed by atoms with Crippen molar-refractivity contribution in [1.29, 1.82) is 5.26 Å². The predicted molar refractivity (Wildman–Crippen MR) is 141 cm³/mol. The summed E-state index contributed by atoms with van der Waals surface area (Å²) in [5, 5.41) is 18.7. The van der Waals surface area contributed by atoms with Gasteiger partial charge in [0.05, 0.1) is 18.7 Å². The minimum atomic E-state index is -0.454. The van der Waals surface area contributed by atoms with Crippen molar-refractivity contribution in [2.24, 2.45) is 5.92 Å². The van der Waals surface area contributed by atoms with Gasteiger partial charge >= 0.3 is 6.09 Å². The number of aromatic nitrogens is 1. The van der Waals surface area contributed by atoms with Gasteiger partial charge in [-0.3, -0.25) is 4.79 Å². The van der Waals surface area contributed by atoms with Crippen LogP contribution in [0.4, 0.5) is 14.9 Å². The fourth-order valence-corrected chi connectivity index (χ4v) is 6.40. The summed E-state index contributed by atoms with van der Waals surface area (Å²) in [6.07, 6.45) is 6.79. The summed E-state index contributed by atoms with van der Waals surface area (Å²) in [5.74, 6) is -0.0897. The van der Waals surface area contributed by atoms with E-state index in [1.165, 1.54) is 28.7 Å². The number of ether oxygens (including phenoxy) is 1. The van der Waals surface area contributed by atoms with Crippen LogP contribution in [0.2, 0.25) is 0 Å². The molecular formula is C24H25N5O3S3. The quantitative estimate of drug-likeness (QED) is 0.404. The summed E-state index contributed by atoms with van der Waals surface area (Å²) in [7, 11) is 3.85. The number of nitrogens with zero attached hydrogens (tertiary/aromatic N) is 3. The number of amides is 2. The Morgan fingerprint density at radius 2 is 2.23 bits per heavy atom. The van der Waals surface area contributed by atoms with Crippen molar-refractivity contribution in [3.05, 3.63) is 55.5 Å². The van der Waals surface area contributed by atoms with E-state index in [1.54, 1.807) is 23.6 Å². The number of thiophene rings is 2. The van der Waals surface area contributed by atoms with Gasteiger partial charge in [-0.05, 0) is 48.3 Å². The Hall–Kier alpha value is -3.20. The maximum absolute atomic E-state index is 12.4. The molecule has 0 aliphatic heterocycles. The molecule has 0 bridgehead atoms. The molecule has 2 N–H and O–H groups in total. The molecule has 0 aromatic carbocycles. The van der Waals surface area contributed by atoms with Gasteiger partial charge in [0.1, 0.15) is 11.1 Å². The van der Waals surface area contributed by atoms with E-state index in [0.717, 1.165) is 38.2 Å². The lowest BCUT2D eigenvalue weighted by atomic mass is 9.88. The van der Waals surface area contributed by atoms with Crippen LogP contribution in [-0.4, -0.2) is 37.7 Å². The number of fused-ring (bicyclic) bond motifs is 1. The molecule has 3 aromatic heterocycles. The first kappa shape index (κ1) is 24.9. The van der Waals surface area contributed by atoms with Crippen LogP contribution < -0.4 is 15.5 Å². The third kappa shape index (κ3) is 6.48. The number of thiazole rings is 1. The number of hydrogen-bond acceptors (Lipinski definition) is 9. The fraction of sp³-hybridized carbons (Fsp3) is 0.333. The van der Waals surface area contributed by atoms with Gasteiger partial charge in [-0.1, -0.05) is 6.07 Å². The predicted octanol–water partition coefficient (Wildman–Crippen LogP) is 4.89. The Labute approximate surface area is 215 Å². The van der Waals surface area contributed by atoms with E-state index in [-0.39, 0.29) is 11.8 Å². The molecule has 1 aliphatic rings. The third-order valence-corrected chi connectivity index (χ3v) is 8.61. The molecule has 0 radical (unpaired) electrons. The summed E-state index contributed by atoms with van der Waals surface area (Å²) < 4.78 is 5.45. The van der Waals surface area contributed by atoms with Crippen molar-refractivity contribution in [3.8, 4) is 6.07 Å². The maximum Gasteiger partial charge on any atom is 0.407 e. The number of carbonyl (C=O) groups is 2. The second-order valence-electron chi connectivity index (χ2n) is 8.22. The molecule has 182 valence electrons. The molecule has 1 atom stereocenters. The maximum atomic E-state index is 12.4. The lowest BCUT2D eigenvalue weighted by Crippen LogP contribution is -2.27. The van der Waals surface area contributed by atoms with Gasteiger partial charge in [0.25, 0.3) is 0 Å². The molecule has 35 heavy (non-hydrogen) atoms. The molecule has 3 aromatic rings. The highest BCUT2D eigenvalue weighted by molar-refractivity contribution is 7.16. The van der Waals surface area contributed by atoms with Gasteiger partial charge in [-0.25, -0.2) is 9.78 Å². The van der Waals surface area contributed by atoms with Crippen LogP contribution in [0.15, 0.2) is 29.8 Å². The van der Waals surface area contributed by atoms with Crippen molar-refractivity contribution in [3.63, 3.8) is 0 Å². The summed E-state index contributed by atoms with van der Waals surface area (Å²) in [6, 6.07) is 6.11. The van der Waals surface area contributed by atoms with Crippen LogP contribution in [0, 0.1) is 17.2 Å². The number of nitriles is 1. The molecule has 8 nitrogen and oxygen atoms in total. The average molecular weight is 528 g/mol. The molecule has 11 heteroatoms. The van der Waals surface area contributed by atoms with E-state index in [9.17, 15) is 14.9 Å². The van der Waals surface area contributed by atoms with E-state index >= 15 is 0 Å². The topological polar surface area (TPSA) is 107 Å². The SMILES string of the molecule is CN(C)c1ncc(CNC(=O)OCC2CCc3c(sc(NC(=O)C=Cc4cccs4)c3C#N)C2)s1. The number of rotatable bonds is 8. The smallest absolute Gasteiger partial charge is 0.407 e. The highest BCUT2D eigenvalue weighted by Gasteiger charge is 2.27. The first-order chi connectivity index (χ1) is 16.9. The zero-order valence-electron chi connectivity index (χ0n) is 19.4. The molecule has 1 unspecified atom stereocenters.